The molecule has 2 fully saturated rings. The van der Waals surface area contributed by atoms with Gasteiger partial charge in [0.1, 0.15) is 0 Å². The molecule has 0 amide bonds. The van der Waals surface area contributed by atoms with Crippen LogP contribution in [0.15, 0.2) is 24.3 Å². The van der Waals surface area contributed by atoms with Gasteiger partial charge in [0.25, 0.3) is 0 Å². The first-order valence-electron chi connectivity index (χ1n) is 8.75. The molecule has 0 heterocycles. The van der Waals surface area contributed by atoms with Gasteiger partial charge in [0.15, 0.2) is 0 Å². The number of aliphatic hydroxyl groups excluding tert-OH is 1. The molecular weight excluding hydrogens is 256 g/mol. The van der Waals surface area contributed by atoms with E-state index in [4.69, 9.17) is 0 Å². The highest BCUT2D eigenvalue weighted by Crippen LogP contribution is 2.63. The first-order chi connectivity index (χ1) is 9.73. The van der Waals surface area contributed by atoms with Crippen LogP contribution in [0, 0.1) is 28.1 Å². The summed E-state index contributed by atoms with van der Waals surface area (Å²) >= 11 is 0. The van der Waals surface area contributed by atoms with Crippen molar-refractivity contribution in [2.75, 3.05) is 0 Å². The van der Waals surface area contributed by atoms with Crippen molar-refractivity contribution in [2.24, 2.45) is 28.1 Å². The van der Waals surface area contributed by atoms with E-state index in [1.807, 2.05) is 0 Å². The summed E-state index contributed by atoms with van der Waals surface area (Å²) < 4.78 is 0. The number of aliphatic hydroxyl groups is 1. The Morgan fingerprint density at radius 3 is 2.57 bits per heavy atom. The maximum Gasteiger partial charge on any atom is 0.0594 e. The van der Waals surface area contributed by atoms with Gasteiger partial charge in [0, 0.05) is 0 Å². The Morgan fingerprint density at radius 2 is 1.90 bits per heavy atom. The molecule has 3 rings (SSSR count). The molecule has 1 nitrogen and oxygen atoms in total. The van der Waals surface area contributed by atoms with Gasteiger partial charge in [-0.05, 0) is 66.6 Å². The van der Waals surface area contributed by atoms with Crippen molar-refractivity contribution in [3.05, 3.63) is 24.3 Å². The van der Waals surface area contributed by atoms with E-state index >= 15 is 0 Å². The van der Waals surface area contributed by atoms with Crippen LogP contribution in [0.3, 0.4) is 0 Å². The van der Waals surface area contributed by atoms with Gasteiger partial charge in [-0.25, -0.2) is 0 Å². The van der Waals surface area contributed by atoms with Crippen molar-refractivity contribution in [3.63, 3.8) is 0 Å². The molecule has 2 saturated carbocycles. The quantitative estimate of drug-likeness (QED) is 0.665. The highest BCUT2D eigenvalue weighted by molar-refractivity contribution is 5.28. The molecular formula is C20H32O. The van der Waals surface area contributed by atoms with Crippen molar-refractivity contribution in [1.82, 2.24) is 0 Å². The van der Waals surface area contributed by atoms with Gasteiger partial charge in [0.2, 0.25) is 0 Å². The first-order valence-corrected chi connectivity index (χ1v) is 8.75. The van der Waals surface area contributed by atoms with Gasteiger partial charge in [-0.15, -0.1) is 6.58 Å². The van der Waals surface area contributed by atoms with E-state index in [-0.39, 0.29) is 11.5 Å². The minimum Gasteiger partial charge on any atom is -0.393 e. The predicted octanol–water partition coefficient (Wildman–Crippen LogP) is 5.11. The Balaban J connectivity index is 1.97. The number of hydrogen-bond donors (Lipinski definition) is 1. The summed E-state index contributed by atoms with van der Waals surface area (Å²) in [6.45, 7) is 13.5. The van der Waals surface area contributed by atoms with Gasteiger partial charge in [-0.3, -0.25) is 0 Å². The topological polar surface area (TPSA) is 20.2 Å². The van der Waals surface area contributed by atoms with Crippen LogP contribution in [0.4, 0.5) is 0 Å². The molecule has 0 saturated heterocycles. The molecule has 0 aliphatic heterocycles. The van der Waals surface area contributed by atoms with Gasteiger partial charge in [-0.2, -0.15) is 0 Å². The average molecular weight is 288 g/mol. The van der Waals surface area contributed by atoms with Gasteiger partial charge in [0.05, 0.1) is 6.10 Å². The van der Waals surface area contributed by atoms with Crippen molar-refractivity contribution < 1.29 is 5.11 Å². The summed E-state index contributed by atoms with van der Waals surface area (Å²) in [6, 6.07) is 0. The lowest BCUT2D eigenvalue weighted by atomic mass is 9.46. The zero-order valence-corrected chi connectivity index (χ0v) is 14.3. The number of rotatable bonds is 1. The molecule has 0 aromatic carbocycles. The van der Waals surface area contributed by atoms with Crippen LogP contribution in [0.5, 0.6) is 0 Å². The third-order valence-corrected chi connectivity index (χ3v) is 7.36. The fourth-order valence-corrected chi connectivity index (χ4v) is 5.83. The van der Waals surface area contributed by atoms with Crippen LogP contribution >= 0.6 is 0 Å². The largest absolute Gasteiger partial charge is 0.393 e. The Hall–Kier alpha value is -0.560. The maximum absolute atomic E-state index is 10.5. The molecule has 3 aliphatic carbocycles. The van der Waals surface area contributed by atoms with Crippen LogP contribution < -0.4 is 0 Å². The second-order valence-corrected chi connectivity index (χ2v) is 9.05. The fraction of sp³-hybridized carbons (Fsp3) is 0.800. The standard InChI is InChI=1S/C20H32O/c1-6-19(4)11-9-15-14(13-19)7-8-16-18(2,3)17(21)10-12-20(15,16)5/h6,9,14,16-17,21H,1,7-8,10-13H2,2-5H3/t14-,16+,17-,19-,20-/m0/s1. The van der Waals surface area contributed by atoms with E-state index in [9.17, 15) is 5.11 Å². The SMILES string of the molecule is C=C[C@@]1(C)CC=C2[C@@H](CC[C@@H]3C(C)(C)[C@@H](O)CC[C@@]23C)C1. The van der Waals surface area contributed by atoms with Crippen molar-refractivity contribution in [3.8, 4) is 0 Å². The number of hydrogen-bond acceptors (Lipinski definition) is 1. The Morgan fingerprint density at radius 1 is 1.19 bits per heavy atom. The third-order valence-electron chi connectivity index (χ3n) is 7.36. The summed E-state index contributed by atoms with van der Waals surface area (Å²) in [4.78, 5) is 0. The van der Waals surface area contributed by atoms with E-state index in [2.05, 4.69) is 46.4 Å². The van der Waals surface area contributed by atoms with Crippen molar-refractivity contribution >= 4 is 0 Å². The lowest BCUT2D eigenvalue weighted by molar-refractivity contribution is -0.101. The first kappa shape index (κ1) is 15.3. The van der Waals surface area contributed by atoms with E-state index in [0.29, 0.717) is 16.7 Å². The summed E-state index contributed by atoms with van der Waals surface area (Å²) in [5.41, 5.74) is 2.38. The molecule has 0 radical (unpaired) electrons. The van der Waals surface area contributed by atoms with Gasteiger partial charge in [-0.1, -0.05) is 45.4 Å². The van der Waals surface area contributed by atoms with Crippen molar-refractivity contribution in [2.45, 2.75) is 72.3 Å². The molecule has 0 unspecified atom stereocenters. The minimum absolute atomic E-state index is 0.0536. The van der Waals surface area contributed by atoms with Crippen LogP contribution in [0.2, 0.25) is 0 Å². The lowest BCUT2D eigenvalue weighted by Gasteiger charge is -2.60. The Labute approximate surface area is 130 Å². The molecule has 0 aromatic rings. The second kappa shape index (κ2) is 4.72. The average Bonchev–Trinajstić information content (AvgIpc) is 2.43. The van der Waals surface area contributed by atoms with E-state index in [1.165, 1.54) is 19.3 Å². The Bertz CT molecular complexity index is 474. The van der Waals surface area contributed by atoms with Crippen LogP contribution in [-0.4, -0.2) is 11.2 Å². The zero-order chi connectivity index (χ0) is 15.5. The molecule has 1 heteroatoms. The van der Waals surface area contributed by atoms with Crippen molar-refractivity contribution in [1.29, 1.82) is 0 Å². The third kappa shape index (κ3) is 2.15. The fourth-order valence-electron chi connectivity index (χ4n) is 5.83. The van der Waals surface area contributed by atoms with E-state index in [1.54, 1.807) is 5.57 Å². The molecule has 1 N–H and O–H groups in total. The van der Waals surface area contributed by atoms with E-state index < -0.39 is 0 Å². The van der Waals surface area contributed by atoms with Crippen LogP contribution in [0.25, 0.3) is 0 Å². The maximum atomic E-state index is 10.5. The second-order valence-electron chi connectivity index (χ2n) is 9.05. The van der Waals surface area contributed by atoms with Gasteiger partial charge < -0.3 is 5.11 Å². The summed E-state index contributed by atoms with van der Waals surface area (Å²) in [6.07, 6.45) is 11.7. The normalized spacial score (nSPS) is 48.8. The monoisotopic (exact) mass is 288 g/mol. The number of fused-ring (bicyclic) bond motifs is 3. The molecule has 0 aromatic heterocycles. The minimum atomic E-state index is -0.130. The zero-order valence-electron chi connectivity index (χ0n) is 14.3. The number of allylic oxidation sites excluding steroid dienone is 3. The molecule has 0 spiro atoms. The molecule has 118 valence electrons. The molecule has 3 aliphatic rings. The molecule has 21 heavy (non-hydrogen) atoms. The predicted molar refractivity (Wildman–Crippen MR) is 89.0 cm³/mol. The summed E-state index contributed by atoms with van der Waals surface area (Å²) in [5.74, 6) is 1.37. The summed E-state index contributed by atoms with van der Waals surface area (Å²) in [5, 5.41) is 10.5. The van der Waals surface area contributed by atoms with Crippen LogP contribution in [0.1, 0.15) is 66.2 Å². The molecule has 5 atom stereocenters. The smallest absolute Gasteiger partial charge is 0.0594 e. The highest BCUT2D eigenvalue weighted by atomic mass is 16.3. The van der Waals surface area contributed by atoms with Gasteiger partial charge >= 0.3 is 0 Å². The lowest BCUT2D eigenvalue weighted by Crippen LogP contribution is -2.54. The van der Waals surface area contributed by atoms with Crippen LogP contribution in [-0.2, 0) is 0 Å². The highest BCUT2D eigenvalue weighted by Gasteiger charge is 2.56. The molecule has 0 bridgehead atoms. The van der Waals surface area contributed by atoms with E-state index in [0.717, 1.165) is 25.2 Å². The summed E-state index contributed by atoms with van der Waals surface area (Å²) in [7, 11) is 0. The Kier molecular flexibility index (Phi) is 3.44.